The molecule has 1 heteroatoms. The summed E-state index contributed by atoms with van der Waals surface area (Å²) in [6.07, 6.45) is 2.35. The Bertz CT molecular complexity index is 2480. The highest BCUT2D eigenvalue weighted by molar-refractivity contribution is 5.96. The van der Waals surface area contributed by atoms with Gasteiger partial charge in [0.2, 0.25) is 0 Å². The van der Waals surface area contributed by atoms with Crippen LogP contribution in [0.25, 0.3) is 44.2 Å². The molecule has 2 aliphatic rings. The largest absolute Gasteiger partial charge is 0.310 e. The first-order valence-electron chi connectivity index (χ1n) is 18.9. The van der Waals surface area contributed by atoms with Gasteiger partial charge in [0.05, 0.1) is 5.69 Å². The molecule has 7 aromatic rings. The first kappa shape index (κ1) is 32.5. The van der Waals surface area contributed by atoms with Crippen LogP contribution in [0.15, 0.2) is 152 Å². The van der Waals surface area contributed by atoms with Crippen molar-refractivity contribution in [3.8, 4) is 33.4 Å². The molecular formula is C51H47N. The topological polar surface area (TPSA) is 3.24 Å². The molecule has 0 fully saturated rings. The van der Waals surface area contributed by atoms with E-state index in [1.54, 1.807) is 0 Å². The van der Waals surface area contributed by atoms with Gasteiger partial charge >= 0.3 is 0 Å². The summed E-state index contributed by atoms with van der Waals surface area (Å²) in [5.74, 6) is 0. The molecule has 0 saturated carbocycles. The van der Waals surface area contributed by atoms with Gasteiger partial charge in [0.15, 0.2) is 0 Å². The van der Waals surface area contributed by atoms with Crippen molar-refractivity contribution in [3.05, 3.63) is 174 Å². The van der Waals surface area contributed by atoms with Gasteiger partial charge in [-0.3, -0.25) is 0 Å². The second-order valence-corrected chi connectivity index (χ2v) is 16.9. The number of nitrogens with zero attached hydrogens (tertiary/aromatic N) is 1. The Labute approximate surface area is 309 Å². The van der Waals surface area contributed by atoms with E-state index >= 15 is 0 Å². The number of hydrogen-bond acceptors (Lipinski definition) is 1. The van der Waals surface area contributed by atoms with Crippen molar-refractivity contribution in [2.45, 2.75) is 70.6 Å². The zero-order valence-corrected chi connectivity index (χ0v) is 31.3. The lowest BCUT2D eigenvalue weighted by Crippen LogP contribution is -2.34. The van der Waals surface area contributed by atoms with Gasteiger partial charge in [-0.1, -0.05) is 151 Å². The molecule has 2 aliphatic carbocycles. The van der Waals surface area contributed by atoms with Gasteiger partial charge in [-0.15, -0.1) is 0 Å². The Morgan fingerprint density at radius 1 is 0.404 bits per heavy atom. The van der Waals surface area contributed by atoms with Crippen molar-refractivity contribution in [1.82, 2.24) is 0 Å². The average molecular weight is 674 g/mol. The molecule has 0 radical (unpaired) electrons. The van der Waals surface area contributed by atoms with Crippen molar-refractivity contribution in [2.75, 3.05) is 4.90 Å². The van der Waals surface area contributed by atoms with Crippen LogP contribution in [0.3, 0.4) is 0 Å². The van der Waals surface area contributed by atoms with Gasteiger partial charge in [0, 0.05) is 22.4 Å². The third-order valence-electron chi connectivity index (χ3n) is 12.3. The SMILES string of the molecule is CC1(C)CCC(C)(C)c2c(-c3cc4c(cc3N(c3ccccc3)c3ccc(-c5ccc6ccccc6c5)cc3)C(C)(C)c3ccccc3-4)cccc21. The molecule has 1 nitrogen and oxygen atoms in total. The van der Waals surface area contributed by atoms with Gasteiger partial charge in [-0.05, 0) is 127 Å². The van der Waals surface area contributed by atoms with Crippen LogP contribution in [0, 0.1) is 0 Å². The predicted octanol–water partition coefficient (Wildman–Crippen LogP) is 14.3. The molecular weight excluding hydrogens is 627 g/mol. The van der Waals surface area contributed by atoms with Crippen LogP contribution in [0.2, 0.25) is 0 Å². The molecule has 52 heavy (non-hydrogen) atoms. The molecule has 0 aromatic heterocycles. The van der Waals surface area contributed by atoms with E-state index in [0.29, 0.717) is 0 Å². The van der Waals surface area contributed by atoms with E-state index < -0.39 is 0 Å². The van der Waals surface area contributed by atoms with Crippen LogP contribution in [0.5, 0.6) is 0 Å². The summed E-state index contributed by atoms with van der Waals surface area (Å²) in [6, 6.07) is 56.7. The standard InChI is InChI=1S/C51H47N/c1-49(2)29-30-50(3,4)48-41(20-14-22-45(48)49)43-32-42-40-19-12-13-21-44(40)51(5,6)46(42)33-47(43)52(38-17-8-7-9-18-38)39-27-25-35(26-28-39)37-24-23-34-15-10-11-16-36(34)31-37/h7-28,31-33H,29-30H2,1-6H3. The fourth-order valence-corrected chi connectivity index (χ4v) is 9.27. The molecule has 0 N–H and O–H groups in total. The highest BCUT2D eigenvalue weighted by Crippen LogP contribution is 2.56. The molecule has 0 atom stereocenters. The maximum absolute atomic E-state index is 2.53. The third-order valence-corrected chi connectivity index (χ3v) is 12.3. The summed E-state index contributed by atoms with van der Waals surface area (Å²) in [7, 11) is 0. The van der Waals surface area contributed by atoms with Crippen molar-refractivity contribution >= 4 is 27.8 Å². The molecule has 7 aromatic carbocycles. The number of hydrogen-bond donors (Lipinski definition) is 0. The minimum absolute atomic E-state index is 0.0496. The van der Waals surface area contributed by atoms with Crippen LogP contribution in [0.4, 0.5) is 17.1 Å². The lowest BCUT2D eigenvalue weighted by atomic mass is 9.61. The van der Waals surface area contributed by atoms with Crippen molar-refractivity contribution in [2.24, 2.45) is 0 Å². The van der Waals surface area contributed by atoms with E-state index in [9.17, 15) is 0 Å². The highest BCUT2D eigenvalue weighted by Gasteiger charge is 2.41. The van der Waals surface area contributed by atoms with Crippen molar-refractivity contribution < 1.29 is 0 Å². The van der Waals surface area contributed by atoms with Gasteiger partial charge in [0.1, 0.15) is 0 Å². The Hall–Kier alpha value is -5.40. The molecule has 0 amide bonds. The molecule has 0 heterocycles. The minimum atomic E-state index is -0.126. The number of anilines is 3. The summed E-state index contributed by atoms with van der Waals surface area (Å²) in [5.41, 5.74) is 17.1. The van der Waals surface area contributed by atoms with Crippen LogP contribution in [-0.2, 0) is 16.2 Å². The molecule has 0 bridgehead atoms. The molecule has 0 saturated heterocycles. The van der Waals surface area contributed by atoms with E-state index in [1.807, 2.05) is 0 Å². The molecule has 9 rings (SSSR count). The summed E-state index contributed by atoms with van der Waals surface area (Å²) in [6.45, 7) is 14.6. The van der Waals surface area contributed by atoms with Crippen LogP contribution in [0.1, 0.15) is 76.6 Å². The lowest BCUT2D eigenvalue weighted by Gasteiger charge is -2.43. The number of fused-ring (bicyclic) bond motifs is 5. The Morgan fingerprint density at radius 2 is 1.02 bits per heavy atom. The Morgan fingerprint density at radius 3 is 1.81 bits per heavy atom. The monoisotopic (exact) mass is 673 g/mol. The number of rotatable bonds is 5. The molecule has 0 aliphatic heterocycles. The number of benzene rings is 7. The van der Waals surface area contributed by atoms with Crippen molar-refractivity contribution in [3.63, 3.8) is 0 Å². The van der Waals surface area contributed by atoms with E-state index in [4.69, 9.17) is 0 Å². The highest BCUT2D eigenvalue weighted by atomic mass is 15.1. The quantitative estimate of drug-likeness (QED) is 0.176. The fourth-order valence-electron chi connectivity index (χ4n) is 9.27. The van der Waals surface area contributed by atoms with Crippen molar-refractivity contribution in [1.29, 1.82) is 0 Å². The van der Waals surface area contributed by atoms with E-state index in [-0.39, 0.29) is 16.2 Å². The smallest absolute Gasteiger partial charge is 0.0543 e. The van der Waals surface area contributed by atoms with Crippen LogP contribution >= 0.6 is 0 Å². The molecule has 0 spiro atoms. The summed E-state index contributed by atoms with van der Waals surface area (Å²) in [4.78, 5) is 2.50. The zero-order valence-electron chi connectivity index (χ0n) is 31.3. The fraction of sp³-hybridized carbons (Fsp3) is 0.216. The number of para-hydroxylation sites is 1. The first-order valence-corrected chi connectivity index (χ1v) is 18.9. The summed E-state index contributed by atoms with van der Waals surface area (Å²) < 4.78 is 0. The second kappa shape index (κ2) is 11.8. The van der Waals surface area contributed by atoms with Crippen LogP contribution in [-0.4, -0.2) is 0 Å². The van der Waals surface area contributed by atoms with E-state index in [0.717, 1.165) is 11.4 Å². The normalized spacial score (nSPS) is 16.2. The lowest BCUT2D eigenvalue weighted by molar-refractivity contribution is 0.333. The van der Waals surface area contributed by atoms with E-state index in [1.165, 1.54) is 84.9 Å². The second-order valence-electron chi connectivity index (χ2n) is 16.9. The van der Waals surface area contributed by atoms with Gasteiger partial charge in [-0.2, -0.15) is 0 Å². The maximum Gasteiger partial charge on any atom is 0.0543 e. The zero-order chi connectivity index (χ0) is 35.8. The average Bonchev–Trinajstić information content (AvgIpc) is 3.39. The molecule has 256 valence electrons. The summed E-state index contributed by atoms with van der Waals surface area (Å²) in [5, 5.41) is 2.53. The van der Waals surface area contributed by atoms with E-state index in [2.05, 4.69) is 198 Å². The maximum atomic E-state index is 2.53. The molecule has 0 unspecified atom stereocenters. The van der Waals surface area contributed by atoms with Gasteiger partial charge in [0.25, 0.3) is 0 Å². The first-order chi connectivity index (χ1) is 25.0. The Kier molecular flexibility index (Phi) is 7.39. The summed E-state index contributed by atoms with van der Waals surface area (Å²) >= 11 is 0. The van der Waals surface area contributed by atoms with Crippen LogP contribution < -0.4 is 4.90 Å². The van der Waals surface area contributed by atoms with Gasteiger partial charge < -0.3 is 4.90 Å². The Balaban J connectivity index is 1.30. The predicted molar refractivity (Wildman–Crippen MR) is 222 cm³/mol. The minimum Gasteiger partial charge on any atom is -0.310 e. The third kappa shape index (κ3) is 5.13. The van der Waals surface area contributed by atoms with Gasteiger partial charge in [-0.25, -0.2) is 0 Å².